The predicted molar refractivity (Wildman–Crippen MR) is 227 cm³/mol. The minimum Gasteiger partial charge on any atom is -0.310 e. The number of rotatable bonds is 6. The van der Waals surface area contributed by atoms with Crippen molar-refractivity contribution < 1.29 is 0 Å². The Hall–Kier alpha value is -6.96. The number of fused-ring (bicyclic) bond motifs is 6. The highest BCUT2D eigenvalue weighted by atomic mass is 15.1. The summed E-state index contributed by atoms with van der Waals surface area (Å²) >= 11 is 0. The summed E-state index contributed by atoms with van der Waals surface area (Å²) < 4.78 is 0. The van der Waals surface area contributed by atoms with Crippen LogP contribution < -0.4 is 4.90 Å². The fourth-order valence-electron chi connectivity index (χ4n) is 7.99. The molecule has 0 saturated carbocycles. The van der Waals surface area contributed by atoms with E-state index in [0.717, 1.165) is 17.1 Å². The van der Waals surface area contributed by atoms with Gasteiger partial charge in [-0.2, -0.15) is 0 Å². The second-order valence-electron chi connectivity index (χ2n) is 13.8. The highest BCUT2D eigenvalue weighted by Gasteiger charge is 2.17. The van der Waals surface area contributed by atoms with Gasteiger partial charge in [-0.05, 0) is 125 Å². The van der Waals surface area contributed by atoms with Crippen molar-refractivity contribution in [3.8, 4) is 33.4 Å². The molecule has 0 aromatic heterocycles. The molecule has 10 aromatic rings. The number of benzene rings is 10. The van der Waals surface area contributed by atoms with Crippen molar-refractivity contribution in [1.82, 2.24) is 0 Å². The van der Waals surface area contributed by atoms with Crippen LogP contribution >= 0.6 is 0 Å². The van der Waals surface area contributed by atoms with Crippen LogP contribution in [0.3, 0.4) is 0 Å². The molecule has 0 fully saturated rings. The molecule has 53 heavy (non-hydrogen) atoms. The smallest absolute Gasteiger partial charge is 0.0467 e. The Morgan fingerprint density at radius 3 is 1.55 bits per heavy atom. The first-order valence-electron chi connectivity index (χ1n) is 18.3. The Labute approximate surface area is 309 Å². The molecular formula is C52H35N. The van der Waals surface area contributed by atoms with Crippen molar-refractivity contribution in [3.63, 3.8) is 0 Å². The minimum absolute atomic E-state index is 1.10. The summed E-state index contributed by atoms with van der Waals surface area (Å²) in [6, 6.07) is 77.3. The largest absolute Gasteiger partial charge is 0.310 e. The molecule has 1 nitrogen and oxygen atoms in total. The predicted octanol–water partition coefficient (Wildman–Crippen LogP) is 14.8. The topological polar surface area (TPSA) is 3.24 Å². The van der Waals surface area contributed by atoms with E-state index in [4.69, 9.17) is 0 Å². The zero-order chi connectivity index (χ0) is 35.1. The third-order valence-corrected chi connectivity index (χ3v) is 10.6. The lowest BCUT2D eigenvalue weighted by atomic mass is 9.91. The highest BCUT2D eigenvalue weighted by molar-refractivity contribution is 6.21. The van der Waals surface area contributed by atoms with E-state index in [1.165, 1.54) is 76.5 Å². The number of hydrogen-bond acceptors (Lipinski definition) is 1. The molecule has 0 aliphatic heterocycles. The molecule has 0 amide bonds. The highest BCUT2D eigenvalue weighted by Crippen LogP contribution is 2.42. The van der Waals surface area contributed by atoms with Gasteiger partial charge in [-0.3, -0.25) is 0 Å². The Balaban J connectivity index is 1.14. The molecule has 0 saturated heterocycles. The average Bonchev–Trinajstić information content (AvgIpc) is 3.24. The molecule has 10 aromatic carbocycles. The third-order valence-electron chi connectivity index (χ3n) is 10.6. The second kappa shape index (κ2) is 13.0. The van der Waals surface area contributed by atoms with E-state index < -0.39 is 0 Å². The van der Waals surface area contributed by atoms with Gasteiger partial charge in [-0.25, -0.2) is 0 Å². The van der Waals surface area contributed by atoms with Gasteiger partial charge in [-0.1, -0.05) is 164 Å². The molecular weight excluding hydrogens is 639 g/mol. The number of hydrogen-bond donors (Lipinski definition) is 0. The summed E-state index contributed by atoms with van der Waals surface area (Å²) in [7, 11) is 0. The lowest BCUT2D eigenvalue weighted by molar-refractivity contribution is 1.28. The Morgan fingerprint density at radius 1 is 0.226 bits per heavy atom. The molecule has 0 bridgehead atoms. The third kappa shape index (κ3) is 5.60. The Morgan fingerprint density at radius 2 is 0.755 bits per heavy atom. The minimum atomic E-state index is 1.10. The van der Waals surface area contributed by atoms with Gasteiger partial charge in [0.15, 0.2) is 0 Å². The molecule has 248 valence electrons. The van der Waals surface area contributed by atoms with Crippen LogP contribution in [0.25, 0.3) is 76.5 Å². The van der Waals surface area contributed by atoms with E-state index in [0.29, 0.717) is 0 Å². The van der Waals surface area contributed by atoms with Gasteiger partial charge in [0.2, 0.25) is 0 Å². The quantitative estimate of drug-likeness (QED) is 0.159. The summed E-state index contributed by atoms with van der Waals surface area (Å²) in [5, 5.41) is 10.1. The standard InChI is InChI=1S/C52H35N/c1-2-12-36(13-3-1)41-17-10-19-45(33-41)53(44-29-26-38(27-30-44)42-25-24-37-14-4-5-16-40(37)32-42)46-20-11-18-43(34-46)51-35-52-47-21-7-6-15-39(47)28-31-50(52)48-22-8-9-23-49(48)51/h1-35H. The van der Waals surface area contributed by atoms with Crippen LogP contribution in [0.2, 0.25) is 0 Å². The maximum atomic E-state index is 2.40. The molecule has 0 spiro atoms. The van der Waals surface area contributed by atoms with Crippen LogP contribution in [0.5, 0.6) is 0 Å². The van der Waals surface area contributed by atoms with E-state index in [1.54, 1.807) is 0 Å². The van der Waals surface area contributed by atoms with E-state index in [-0.39, 0.29) is 0 Å². The van der Waals surface area contributed by atoms with Gasteiger partial charge in [0.05, 0.1) is 0 Å². The summed E-state index contributed by atoms with van der Waals surface area (Å²) in [5.74, 6) is 0. The molecule has 0 radical (unpaired) electrons. The van der Waals surface area contributed by atoms with Gasteiger partial charge in [0.1, 0.15) is 0 Å². The lowest BCUT2D eigenvalue weighted by Crippen LogP contribution is -2.10. The molecule has 0 unspecified atom stereocenters. The molecule has 1 heteroatoms. The monoisotopic (exact) mass is 673 g/mol. The first-order valence-corrected chi connectivity index (χ1v) is 18.3. The normalized spacial score (nSPS) is 11.4. The maximum absolute atomic E-state index is 2.40. The second-order valence-corrected chi connectivity index (χ2v) is 13.8. The van der Waals surface area contributed by atoms with Crippen molar-refractivity contribution in [3.05, 3.63) is 212 Å². The van der Waals surface area contributed by atoms with Crippen LogP contribution in [0.1, 0.15) is 0 Å². The average molecular weight is 674 g/mol. The fraction of sp³-hybridized carbons (Fsp3) is 0. The van der Waals surface area contributed by atoms with Gasteiger partial charge < -0.3 is 4.90 Å². The summed E-state index contributed by atoms with van der Waals surface area (Å²) in [6.07, 6.45) is 0. The molecule has 0 aliphatic rings. The molecule has 0 heterocycles. The SMILES string of the molecule is c1ccc(-c2cccc(N(c3ccc(-c4ccc5ccccc5c4)cc3)c3cccc(-c4cc5c6ccccc6ccc5c5ccccc45)c3)c2)cc1. The fourth-order valence-corrected chi connectivity index (χ4v) is 7.99. The zero-order valence-electron chi connectivity index (χ0n) is 29.2. The van der Waals surface area contributed by atoms with Crippen LogP contribution in [0.4, 0.5) is 17.1 Å². The van der Waals surface area contributed by atoms with Crippen molar-refractivity contribution in [2.75, 3.05) is 4.90 Å². The number of nitrogens with zero attached hydrogens (tertiary/aromatic N) is 1. The first-order chi connectivity index (χ1) is 26.3. The summed E-state index contributed by atoms with van der Waals surface area (Å²) in [4.78, 5) is 2.39. The van der Waals surface area contributed by atoms with Crippen molar-refractivity contribution >= 4 is 60.2 Å². The van der Waals surface area contributed by atoms with E-state index in [9.17, 15) is 0 Å². The van der Waals surface area contributed by atoms with Crippen molar-refractivity contribution in [1.29, 1.82) is 0 Å². The van der Waals surface area contributed by atoms with Gasteiger partial charge >= 0.3 is 0 Å². The van der Waals surface area contributed by atoms with E-state index in [2.05, 4.69) is 217 Å². The van der Waals surface area contributed by atoms with Crippen molar-refractivity contribution in [2.24, 2.45) is 0 Å². The van der Waals surface area contributed by atoms with Crippen LogP contribution in [-0.2, 0) is 0 Å². The van der Waals surface area contributed by atoms with Gasteiger partial charge in [0.25, 0.3) is 0 Å². The van der Waals surface area contributed by atoms with Gasteiger partial charge in [0, 0.05) is 17.1 Å². The van der Waals surface area contributed by atoms with Crippen molar-refractivity contribution in [2.45, 2.75) is 0 Å². The maximum Gasteiger partial charge on any atom is 0.0467 e. The lowest BCUT2D eigenvalue weighted by Gasteiger charge is -2.27. The van der Waals surface area contributed by atoms with Crippen LogP contribution in [-0.4, -0.2) is 0 Å². The first kappa shape index (κ1) is 30.8. The summed E-state index contributed by atoms with van der Waals surface area (Å²) in [5.41, 5.74) is 10.5. The molecule has 0 aliphatic carbocycles. The molecule has 0 atom stereocenters. The van der Waals surface area contributed by atoms with E-state index >= 15 is 0 Å². The zero-order valence-corrected chi connectivity index (χ0v) is 29.2. The molecule has 0 N–H and O–H groups in total. The van der Waals surface area contributed by atoms with Crippen LogP contribution in [0, 0.1) is 0 Å². The van der Waals surface area contributed by atoms with Gasteiger partial charge in [-0.15, -0.1) is 0 Å². The van der Waals surface area contributed by atoms with E-state index in [1.807, 2.05) is 0 Å². The Bertz CT molecular complexity index is 2940. The number of anilines is 3. The molecule has 10 rings (SSSR count). The Kier molecular flexibility index (Phi) is 7.55. The van der Waals surface area contributed by atoms with Crippen LogP contribution in [0.15, 0.2) is 212 Å². The summed E-state index contributed by atoms with van der Waals surface area (Å²) in [6.45, 7) is 0.